The summed E-state index contributed by atoms with van der Waals surface area (Å²) in [6.07, 6.45) is 0.710. The molecule has 1 unspecified atom stereocenters. The van der Waals surface area contributed by atoms with Gasteiger partial charge in [-0.25, -0.2) is 4.39 Å². The summed E-state index contributed by atoms with van der Waals surface area (Å²) in [5.74, 6) is 1.57. The maximum Gasteiger partial charge on any atom is 0.123 e. The molecule has 0 fully saturated rings. The highest BCUT2D eigenvalue weighted by atomic mass is 19.1. The Bertz CT molecular complexity index is 492. The minimum Gasteiger partial charge on any atom is -0.465 e. The highest BCUT2D eigenvalue weighted by Gasteiger charge is 2.13. The van der Waals surface area contributed by atoms with E-state index in [4.69, 9.17) is 4.42 Å². The molecule has 0 bridgehead atoms. The lowest BCUT2D eigenvalue weighted by molar-refractivity contribution is 0.414. The highest BCUT2D eigenvalue weighted by molar-refractivity contribution is 5.20. The number of likely N-dealkylation sites (N-methyl/N-ethyl adjacent to an activating group) is 1. The minimum absolute atomic E-state index is 0.0745. The summed E-state index contributed by atoms with van der Waals surface area (Å²) in [6, 6.07) is 10.6. The molecule has 3 heteroatoms. The minimum atomic E-state index is -0.201. The van der Waals surface area contributed by atoms with Gasteiger partial charge >= 0.3 is 0 Å². The number of rotatable bonds is 4. The summed E-state index contributed by atoms with van der Waals surface area (Å²) in [7, 11) is 1.88. The number of halogens is 1. The molecule has 0 amide bonds. The van der Waals surface area contributed by atoms with Crippen molar-refractivity contribution in [2.45, 2.75) is 19.4 Å². The van der Waals surface area contributed by atoms with E-state index in [0.717, 1.165) is 17.1 Å². The molecule has 0 saturated heterocycles. The van der Waals surface area contributed by atoms with Gasteiger partial charge in [-0.05, 0) is 50.2 Å². The van der Waals surface area contributed by atoms with Crippen LogP contribution in [0.1, 0.15) is 23.1 Å². The fourth-order valence-electron chi connectivity index (χ4n) is 1.89. The first-order chi connectivity index (χ1) is 8.19. The number of nitrogens with one attached hydrogen (secondary N) is 1. The Morgan fingerprint density at radius 3 is 2.71 bits per heavy atom. The van der Waals surface area contributed by atoms with E-state index in [1.165, 1.54) is 6.07 Å². The Morgan fingerprint density at radius 2 is 2.12 bits per heavy atom. The molecule has 0 aliphatic carbocycles. The second kappa shape index (κ2) is 5.15. The maximum absolute atomic E-state index is 13.1. The van der Waals surface area contributed by atoms with Gasteiger partial charge in [0.25, 0.3) is 0 Å². The molecule has 0 saturated carbocycles. The van der Waals surface area contributed by atoms with Crippen molar-refractivity contribution >= 4 is 0 Å². The lowest BCUT2D eigenvalue weighted by Gasteiger charge is -2.13. The van der Waals surface area contributed by atoms with Crippen LogP contribution in [0.3, 0.4) is 0 Å². The number of aryl methyl sites for hydroxylation is 1. The van der Waals surface area contributed by atoms with Crippen LogP contribution in [0, 0.1) is 12.7 Å². The molecule has 0 spiro atoms. The van der Waals surface area contributed by atoms with Crippen molar-refractivity contribution in [3.63, 3.8) is 0 Å². The molecule has 1 heterocycles. The average Bonchev–Trinajstić information content (AvgIpc) is 2.73. The van der Waals surface area contributed by atoms with Crippen molar-refractivity contribution < 1.29 is 8.81 Å². The summed E-state index contributed by atoms with van der Waals surface area (Å²) < 4.78 is 18.7. The van der Waals surface area contributed by atoms with Crippen LogP contribution >= 0.6 is 0 Å². The molecule has 2 aromatic rings. The van der Waals surface area contributed by atoms with E-state index in [2.05, 4.69) is 5.32 Å². The molecular weight excluding hydrogens is 217 g/mol. The molecule has 2 nitrogen and oxygen atoms in total. The maximum atomic E-state index is 13.1. The zero-order chi connectivity index (χ0) is 12.3. The summed E-state index contributed by atoms with van der Waals surface area (Å²) in [5, 5.41) is 3.18. The number of hydrogen-bond acceptors (Lipinski definition) is 2. The number of furan rings is 1. The average molecular weight is 233 g/mol. The van der Waals surface area contributed by atoms with Crippen molar-refractivity contribution in [2.24, 2.45) is 0 Å². The van der Waals surface area contributed by atoms with E-state index < -0.39 is 0 Å². The van der Waals surface area contributed by atoms with Crippen LogP contribution in [0.15, 0.2) is 40.8 Å². The highest BCUT2D eigenvalue weighted by Crippen LogP contribution is 2.20. The third-order valence-corrected chi connectivity index (χ3v) is 2.78. The van der Waals surface area contributed by atoms with E-state index in [1.807, 2.05) is 32.2 Å². The van der Waals surface area contributed by atoms with Gasteiger partial charge in [0.15, 0.2) is 0 Å². The first-order valence-electron chi connectivity index (χ1n) is 5.67. The standard InChI is InChI=1S/C14H16FNO/c1-10-6-7-14(17-10)13(16-2)9-11-4-3-5-12(15)8-11/h3-8,13,16H,9H2,1-2H3. The van der Waals surface area contributed by atoms with Gasteiger partial charge in [-0.1, -0.05) is 12.1 Å². The Morgan fingerprint density at radius 1 is 1.29 bits per heavy atom. The van der Waals surface area contributed by atoms with Crippen molar-refractivity contribution in [3.8, 4) is 0 Å². The van der Waals surface area contributed by atoms with Gasteiger partial charge in [0, 0.05) is 0 Å². The molecule has 1 atom stereocenters. The van der Waals surface area contributed by atoms with Crippen molar-refractivity contribution in [3.05, 3.63) is 59.3 Å². The lowest BCUT2D eigenvalue weighted by Crippen LogP contribution is -2.18. The van der Waals surface area contributed by atoms with Crippen LogP contribution in [0.2, 0.25) is 0 Å². The number of hydrogen-bond donors (Lipinski definition) is 1. The van der Waals surface area contributed by atoms with Crippen molar-refractivity contribution in [1.82, 2.24) is 5.32 Å². The van der Waals surface area contributed by atoms with Gasteiger partial charge in [-0.15, -0.1) is 0 Å². The summed E-state index contributed by atoms with van der Waals surface area (Å²) in [6.45, 7) is 1.92. The van der Waals surface area contributed by atoms with E-state index in [1.54, 1.807) is 12.1 Å². The second-order valence-corrected chi connectivity index (χ2v) is 4.12. The molecule has 2 rings (SSSR count). The van der Waals surface area contributed by atoms with E-state index >= 15 is 0 Å². The van der Waals surface area contributed by atoms with Crippen molar-refractivity contribution in [1.29, 1.82) is 0 Å². The molecular formula is C14H16FNO. The Labute approximate surface area is 100 Å². The van der Waals surface area contributed by atoms with Gasteiger partial charge in [0.1, 0.15) is 17.3 Å². The molecule has 1 aromatic carbocycles. The van der Waals surface area contributed by atoms with Gasteiger partial charge < -0.3 is 9.73 Å². The fraction of sp³-hybridized carbons (Fsp3) is 0.286. The largest absolute Gasteiger partial charge is 0.465 e. The SMILES string of the molecule is CNC(Cc1cccc(F)c1)c1ccc(C)o1. The van der Waals surface area contributed by atoms with Crippen molar-refractivity contribution in [2.75, 3.05) is 7.05 Å². The van der Waals surface area contributed by atoms with Crippen LogP contribution < -0.4 is 5.32 Å². The lowest BCUT2D eigenvalue weighted by atomic mass is 10.0. The van der Waals surface area contributed by atoms with Gasteiger partial charge in [-0.2, -0.15) is 0 Å². The fourth-order valence-corrected chi connectivity index (χ4v) is 1.89. The third kappa shape index (κ3) is 2.94. The first kappa shape index (κ1) is 11.9. The third-order valence-electron chi connectivity index (χ3n) is 2.78. The molecule has 0 aliphatic heterocycles. The summed E-state index contributed by atoms with van der Waals surface area (Å²) in [4.78, 5) is 0. The Kier molecular flexibility index (Phi) is 3.59. The second-order valence-electron chi connectivity index (χ2n) is 4.12. The van der Waals surface area contributed by atoms with E-state index in [0.29, 0.717) is 6.42 Å². The molecule has 1 aromatic heterocycles. The predicted octanol–water partition coefficient (Wildman–Crippen LogP) is 3.23. The topological polar surface area (TPSA) is 25.2 Å². The Balaban J connectivity index is 2.15. The van der Waals surface area contributed by atoms with Crippen LogP contribution in [0.25, 0.3) is 0 Å². The smallest absolute Gasteiger partial charge is 0.123 e. The first-order valence-corrected chi connectivity index (χ1v) is 5.67. The Hall–Kier alpha value is -1.61. The molecule has 90 valence electrons. The molecule has 0 radical (unpaired) electrons. The summed E-state index contributed by atoms with van der Waals surface area (Å²) >= 11 is 0. The molecule has 17 heavy (non-hydrogen) atoms. The van der Waals surface area contributed by atoms with Crippen LogP contribution in [0.4, 0.5) is 4.39 Å². The van der Waals surface area contributed by atoms with Gasteiger partial charge in [0.05, 0.1) is 6.04 Å². The van der Waals surface area contributed by atoms with Gasteiger partial charge in [0.2, 0.25) is 0 Å². The molecule has 1 N–H and O–H groups in total. The number of benzene rings is 1. The van der Waals surface area contributed by atoms with Crippen LogP contribution in [-0.4, -0.2) is 7.05 Å². The zero-order valence-corrected chi connectivity index (χ0v) is 10.0. The van der Waals surface area contributed by atoms with E-state index in [-0.39, 0.29) is 11.9 Å². The monoisotopic (exact) mass is 233 g/mol. The van der Waals surface area contributed by atoms with Gasteiger partial charge in [-0.3, -0.25) is 0 Å². The molecule has 0 aliphatic rings. The predicted molar refractivity (Wildman–Crippen MR) is 65.3 cm³/mol. The van der Waals surface area contributed by atoms with Crippen LogP contribution in [-0.2, 0) is 6.42 Å². The quantitative estimate of drug-likeness (QED) is 0.877. The zero-order valence-electron chi connectivity index (χ0n) is 10.0. The van der Waals surface area contributed by atoms with Crippen LogP contribution in [0.5, 0.6) is 0 Å². The summed E-state index contributed by atoms with van der Waals surface area (Å²) in [5.41, 5.74) is 0.957. The van der Waals surface area contributed by atoms with E-state index in [9.17, 15) is 4.39 Å². The normalized spacial score (nSPS) is 12.6.